The molecular weight excluding hydrogens is 380 g/mol. The first-order chi connectivity index (χ1) is 13.4. The summed E-state index contributed by atoms with van der Waals surface area (Å²) in [7, 11) is -3.55. The van der Waals surface area contributed by atoms with E-state index >= 15 is 0 Å². The van der Waals surface area contributed by atoms with Crippen molar-refractivity contribution in [3.63, 3.8) is 0 Å². The van der Waals surface area contributed by atoms with Crippen LogP contribution in [0, 0.1) is 0 Å². The fourth-order valence-electron chi connectivity index (χ4n) is 2.94. The molecule has 28 heavy (non-hydrogen) atoms. The van der Waals surface area contributed by atoms with Crippen molar-refractivity contribution in [1.29, 1.82) is 0 Å². The predicted molar refractivity (Wildman–Crippen MR) is 105 cm³/mol. The van der Waals surface area contributed by atoms with Gasteiger partial charge in [0.25, 0.3) is 0 Å². The Labute approximate surface area is 164 Å². The number of sulfone groups is 1. The number of carboxylic acids is 1. The molecule has 0 atom stereocenters. The number of benzene rings is 2. The van der Waals surface area contributed by atoms with E-state index < -0.39 is 15.8 Å². The molecule has 0 amide bonds. The second-order valence-electron chi connectivity index (χ2n) is 6.51. The van der Waals surface area contributed by atoms with E-state index in [9.17, 15) is 18.3 Å². The highest BCUT2D eigenvalue weighted by atomic mass is 32.2. The lowest BCUT2D eigenvalue weighted by molar-refractivity contribution is -0.132. The zero-order valence-electron chi connectivity index (χ0n) is 15.6. The van der Waals surface area contributed by atoms with Gasteiger partial charge in [-0.3, -0.25) is 0 Å². The minimum absolute atomic E-state index is 0.0276. The highest BCUT2D eigenvalue weighted by Gasteiger charge is 2.25. The Kier molecular flexibility index (Phi) is 6.16. The maximum Gasteiger partial charge on any atom is 0.331 e. The van der Waals surface area contributed by atoms with E-state index in [1.54, 1.807) is 12.1 Å². The predicted octanol–water partition coefficient (Wildman–Crippen LogP) is 4.05. The zero-order valence-corrected chi connectivity index (χ0v) is 16.4. The van der Waals surface area contributed by atoms with Crippen molar-refractivity contribution >= 4 is 21.9 Å². The van der Waals surface area contributed by atoms with Crippen LogP contribution in [0.2, 0.25) is 0 Å². The molecule has 0 bridgehead atoms. The van der Waals surface area contributed by atoms with Gasteiger partial charge in [-0.1, -0.05) is 25.1 Å². The Bertz CT molecular complexity index is 1010. The van der Waals surface area contributed by atoms with Crippen LogP contribution in [-0.2, 0) is 26.0 Å². The first kappa shape index (κ1) is 20.1. The van der Waals surface area contributed by atoms with Crippen LogP contribution in [0.1, 0.15) is 30.9 Å². The van der Waals surface area contributed by atoms with Gasteiger partial charge in [-0.15, -0.1) is 0 Å². The molecule has 1 aliphatic heterocycles. The molecule has 0 aromatic heterocycles. The van der Waals surface area contributed by atoms with Crippen LogP contribution >= 0.6 is 0 Å². The normalized spacial score (nSPS) is 15.2. The summed E-state index contributed by atoms with van der Waals surface area (Å²) >= 11 is 0. The highest BCUT2D eigenvalue weighted by Crippen LogP contribution is 2.32. The largest absolute Gasteiger partial charge is 0.478 e. The van der Waals surface area contributed by atoms with Gasteiger partial charge in [-0.2, -0.15) is 0 Å². The van der Waals surface area contributed by atoms with Gasteiger partial charge in [0.15, 0.2) is 9.84 Å². The fourth-order valence-corrected chi connectivity index (χ4v) is 4.41. The molecule has 3 rings (SSSR count). The number of fused-ring (bicyclic) bond motifs is 1. The van der Waals surface area contributed by atoms with Gasteiger partial charge in [-0.05, 0) is 48.7 Å². The lowest BCUT2D eigenvalue weighted by Gasteiger charge is -2.13. The van der Waals surface area contributed by atoms with Crippen LogP contribution < -0.4 is 4.74 Å². The number of rotatable bonds is 7. The number of carboxylic acid groups (broad SMARTS) is 1. The van der Waals surface area contributed by atoms with E-state index in [0.717, 1.165) is 12.0 Å². The highest BCUT2D eigenvalue weighted by molar-refractivity contribution is 7.91. The van der Waals surface area contributed by atoms with Crippen molar-refractivity contribution in [2.75, 3.05) is 12.4 Å². The monoisotopic (exact) mass is 402 g/mol. The standard InChI is InChI=1S/C21H22O6S/c1-2-10-26-14-16-5-3-4-6-19(16)27-18-7-8-20-17(13-18)12-15(21(22)23)9-11-28(20,24)25/h3-8,12-13H,2,9-11,14H2,1H3,(H,22,23). The van der Waals surface area contributed by atoms with Gasteiger partial charge in [0.05, 0.1) is 17.3 Å². The Morgan fingerprint density at radius 2 is 1.96 bits per heavy atom. The molecule has 1 heterocycles. The first-order valence-corrected chi connectivity index (χ1v) is 10.7. The second-order valence-corrected chi connectivity index (χ2v) is 8.58. The molecule has 0 aliphatic carbocycles. The fraction of sp³-hybridized carbons (Fsp3) is 0.286. The van der Waals surface area contributed by atoms with E-state index in [4.69, 9.17) is 9.47 Å². The molecule has 6 nitrogen and oxygen atoms in total. The lowest BCUT2D eigenvalue weighted by atomic mass is 10.1. The number of ether oxygens (including phenoxy) is 2. The van der Waals surface area contributed by atoms with E-state index in [2.05, 4.69) is 0 Å². The third-order valence-electron chi connectivity index (χ3n) is 4.37. The first-order valence-electron chi connectivity index (χ1n) is 9.05. The summed E-state index contributed by atoms with van der Waals surface area (Å²) in [5.74, 6) is -0.305. The van der Waals surface area contributed by atoms with Gasteiger partial charge >= 0.3 is 5.97 Å². The molecule has 148 valence electrons. The summed E-state index contributed by atoms with van der Waals surface area (Å²) in [5.41, 5.74) is 1.26. The Balaban J connectivity index is 1.94. The van der Waals surface area contributed by atoms with Crippen molar-refractivity contribution < 1.29 is 27.8 Å². The zero-order chi connectivity index (χ0) is 20.1. The molecule has 0 saturated carbocycles. The van der Waals surface area contributed by atoms with Crippen LogP contribution in [0.3, 0.4) is 0 Å². The van der Waals surface area contributed by atoms with Crippen LogP contribution in [0.5, 0.6) is 11.5 Å². The molecule has 0 saturated heterocycles. The van der Waals surface area contributed by atoms with E-state index in [1.165, 1.54) is 12.1 Å². The topological polar surface area (TPSA) is 89.9 Å². The SMILES string of the molecule is CCCOCc1ccccc1Oc1ccc2c(c1)C=C(C(=O)O)CCS2(=O)=O. The number of hydrogen-bond acceptors (Lipinski definition) is 5. The van der Waals surface area contributed by atoms with Gasteiger partial charge in [0.1, 0.15) is 11.5 Å². The molecule has 0 fully saturated rings. The quantitative estimate of drug-likeness (QED) is 0.703. The number of carbonyl (C=O) groups is 1. The lowest BCUT2D eigenvalue weighted by Crippen LogP contribution is -2.08. The molecule has 7 heteroatoms. The summed E-state index contributed by atoms with van der Waals surface area (Å²) in [4.78, 5) is 11.5. The van der Waals surface area contributed by atoms with Crippen molar-refractivity contribution in [2.24, 2.45) is 0 Å². The smallest absolute Gasteiger partial charge is 0.331 e. The van der Waals surface area contributed by atoms with Crippen molar-refractivity contribution in [2.45, 2.75) is 31.3 Å². The van der Waals surface area contributed by atoms with Gasteiger partial charge < -0.3 is 14.6 Å². The van der Waals surface area contributed by atoms with Crippen molar-refractivity contribution in [1.82, 2.24) is 0 Å². The van der Waals surface area contributed by atoms with E-state index in [1.807, 2.05) is 31.2 Å². The molecule has 1 aliphatic rings. The van der Waals surface area contributed by atoms with Crippen LogP contribution in [0.4, 0.5) is 0 Å². The minimum atomic E-state index is -3.55. The van der Waals surface area contributed by atoms with Gasteiger partial charge in [0, 0.05) is 17.7 Å². The Morgan fingerprint density at radius 3 is 2.71 bits per heavy atom. The molecule has 0 radical (unpaired) electrons. The Hall–Kier alpha value is -2.64. The van der Waals surface area contributed by atoms with Crippen LogP contribution in [0.25, 0.3) is 6.08 Å². The molecule has 2 aromatic carbocycles. The Morgan fingerprint density at radius 1 is 1.18 bits per heavy atom. The summed E-state index contributed by atoms with van der Waals surface area (Å²) in [5, 5.41) is 9.29. The van der Waals surface area contributed by atoms with Gasteiger partial charge in [-0.25, -0.2) is 13.2 Å². The summed E-state index contributed by atoms with van der Waals surface area (Å²) < 4.78 is 36.4. The maximum atomic E-state index is 12.4. The van der Waals surface area contributed by atoms with E-state index in [-0.39, 0.29) is 22.6 Å². The van der Waals surface area contributed by atoms with Crippen molar-refractivity contribution in [3.8, 4) is 11.5 Å². The molecular formula is C21H22O6S. The molecule has 1 N–H and O–H groups in total. The second kappa shape index (κ2) is 8.58. The molecule has 0 unspecified atom stereocenters. The number of aliphatic carboxylic acids is 1. The number of hydrogen-bond donors (Lipinski definition) is 1. The minimum Gasteiger partial charge on any atom is -0.478 e. The van der Waals surface area contributed by atoms with Crippen LogP contribution in [0.15, 0.2) is 52.9 Å². The average Bonchev–Trinajstić information content (AvgIpc) is 2.79. The molecule has 0 spiro atoms. The summed E-state index contributed by atoms with van der Waals surface area (Å²) in [6, 6.07) is 12.1. The third kappa shape index (κ3) is 4.61. The maximum absolute atomic E-state index is 12.4. The van der Waals surface area contributed by atoms with Crippen LogP contribution in [-0.4, -0.2) is 31.9 Å². The number of para-hydroxylation sites is 1. The summed E-state index contributed by atoms with van der Waals surface area (Å²) in [6.07, 6.45) is 2.30. The molecule has 2 aromatic rings. The van der Waals surface area contributed by atoms with E-state index in [0.29, 0.717) is 30.3 Å². The third-order valence-corrected chi connectivity index (χ3v) is 6.15. The average molecular weight is 402 g/mol. The summed E-state index contributed by atoms with van der Waals surface area (Å²) in [6.45, 7) is 3.09. The van der Waals surface area contributed by atoms with Gasteiger partial charge in [0.2, 0.25) is 0 Å². The van der Waals surface area contributed by atoms with Crippen molar-refractivity contribution in [3.05, 3.63) is 59.2 Å².